The number of carbonyl (C=O) groups is 3. The lowest BCUT2D eigenvalue weighted by Crippen LogP contribution is -2.30. The van der Waals surface area contributed by atoms with Gasteiger partial charge in [0.25, 0.3) is 5.91 Å². The molecule has 0 radical (unpaired) electrons. The second-order valence-corrected chi connectivity index (χ2v) is 6.69. The van der Waals surface area contributed by atoms with Gasteiger partial charge in [-0.05, 0) is 62.1 Å². The molecule has 3 rings (SSSR count). The molecule has 0 bridgehead atoms. The van der Waals surface area contributed by atoms with Crippen LogP contribution in [0.1, 0.15) is 44.7 Å². The highest BCUT2D eigenvalue weighted by atomic mass is 16.4. The van der Waals surface area contributed by atoms with E-state index in [1.807, 2.05) is 0 Å². The molecule has 0 aliphatic heterocycles. The Hall–Kier alpha value is -3.35. The average molecular weight is 367 g/mol. The Morgan fingerprint density at radius 3 is 2.41 bits per heavy atom. The molecule has 0 aromatic heterocycles. The van der Waals surface area contributed by atoms with Crippen LogP contribution in [-0.4, -0.2) is 29.1 Å². The summed E-state index contributed by atoms with van der Waals surface area (Å²) in [6.07, 6.45) is 1.98. The standard InChI is InChI=1S/C20H21N3O4/c1-11-8-12(2)17(10-16(11)19(25)26)23-18(24)13-4-3-5-15(9-13)22-20(27)21-14-6-7-14/h3-5,8-10,14H,6-7H2,1-2H3,(H,23,24)(H,25,26)(H2,21,22,27). The van der Waals surface area contributed by atoms with Gasteiger partial charge in [0.1, 0.15) is 0 Å². The molecule has 7 nitrogen and oxygen atoms in total. The molecule has 0 atom stereocenters. The van der Waals surface area contributed by atoms with Crippen molar-refractivity contribution < 1.29 is 19.5 Å². The molecule has 0 unspecified atom stereocenters. The Kier molecular flexibility index (Phi) is 5.12. The van der Waals surface area contributed by atoms with E-state index < -0.39 is 5.97 Å². The molecular weight excluding hydrogens is 346 g/mol. The molecule has 0 saturated heterocycles. The zero-order valence-electron chi connectivity index (χ0n) is 15.1. The number of urea groups is 1. The molecule has 7 heteroatoms. The van der Waals surface area contributed by atoms with Crippen molar-refractivity contribution in [1.82, 2.24) is 5.32 Å². The van der Waals surface area contributed by atoms with Gasteiger partial charge in [-0.15, -0.1) is 0 Å². The van der Waals surface area contributed by atoms with Gasteiger partial charge >= 0.3 is 12.0 Å². The molecule has 3 amide bonds. The quantitative estimate of drug-likeness (QED) is 0.648. The van der Waals surface area contributed by atoms with E-state index in [0.29, 0.717) is 22.5 Å². The number of carbonyl (C=O) groups excluding carboxylic acids is 2. The molecule has 1 aliphatic carbocycles. The van der Waals surface area contributed by atoms with Gasteiger partial charge in [-0.25, -0.2) is 9.59 Å². The number of rotatable bonds is 5. The van der Waals surface area contributed by atoms with Gasteiger partial charge in [0.2, 0.25) is 0 Å². The third-order valence-corrected chi connectivity index (χ3v) is 4.35. The Bertz CT molecular complexity index is 919. The first-order valence-electron chi connectivity index (χ1n) is 8.67. The van der Waals surface area contributed by atoms with Crippen LogP contribution in [0.5, 0.6) is 0 Å². The predicted octanol–water partition coefficient (Wildman–Crippen LogP) is 3.54. The zero-order valence-corrected chi connectivity index (χ0v) is 15.1. The van der Waals surface area contributed by atoms with Crippen molar-refractivity contribution in [3.05, 3.63) is 58.7 Å². The number of carboxylic acid groups (broad SMARTS) is 1. The fourth-order valence-corrected chi connectivity index (χ4v) is 2.73. The summed E-state index contributed by atoms with van der Waals surface area (Å²) in [7, 11) is 0. The van der Waals surface area contributed by atoms with Crippen molar-refractivity contribution in [2.24, 2.45) is 0 Å². The number of aryl methyl sites for hydroxylation is 2. The molecule has 1 saturated carbocycles. The summed E-state index contributed by atoms with van der Waals surface area (Å²) in [5.74, 6) is -1.43. The fourth-order valence-electron chi connectivity index (χ4n) is 2.73. The smallest absolute Gasteiger partial charge is 0.336 e. The number of anilines is 2. The summed E-state index contributed by atoms with van der Waals surface area (Å²) in [4.78, 5) is 35.7. The highest BCUT2D eigenvalue weighted by molar-refractivity contribution is 6.06. The topological polar surface area (TPSA) is 108 Å². The normalized spacial score (nSPS) is 13.0. The number of carboxylic acids is 1. The monoisotopic (exact) mass is 367 g/mol. The highest BCUT2D eigenvalue weighted by Crippen LogP contribution is 2.22. The Balaban J connectivity index is 1.74. The summed E-state index contributed by atoms with van der Waals surface area (Å²) in [5.41, 5.74) is 2.84. The van der Waals surface area contributed by atoms with Crippen LogP contribution in [0.4, 0.5) is 16.2 Å². The maximum atomic E-state index is 12.6. The summed E-state index contributed by atoms with van der Waals surface area (Å²) < 4.78 is 0. The van der Waals surface area contributed by atoms with Crippen LogP contribution < -0.4 is 16.0 Å². The maximum Gasteiger partial charge on any atom is 0.336 e. The second-order valence-electron chi connectivity index (χ2n) is 6.69. The first kappa shape index (κ1) is 18.4. The molecule has 27 heavy (non-hydrogen) atoms. The molecule has 1 aliphatic rings. The lowest BCUT2D eigenvalue weighted by molar-refractivity contribution is 0.0695. The van der Waals surface area contributed by atoms with Crippen molar-refractivity contribution in [3.63, 3.8) is 0 Å². The predicted molar refractivity (Wildman–Crippen MR) is 102 cm³/mol. The van der Waals surface area contributed by atoms with E-state index in [1.54, 1.807) is 44.2 Å². The van der Waals surface area contributed by atoms with Crippen LogP contribution in [0.2, 0.25) is 0 Å². The minimum atomic E-state index is -1.05. The number of hydrogen-bond donors (Lipinski definition) is 4. The van der Waals surface area contributed by atoms with E-state index in [9.17, 15) is 19.5 Å². The lowest BCUT2D eigenvalue weighted by Gasteiger charge is -2.12. The van der Waals surface area contributed by atoms with Crippen LogP contribution >= 0.6 is 0 Å². The van der Waals surface area contributed by atoms with E-state index in [2.05, 4.69) is 16.0 Å². The van der Waals surface area contributed by atoms with Gasteiger partial charge in [-0.3, -0.25) is 4.79 Å². The Morgan fingerprint density at radius 2 is 1.74 bits per heavy atom. The summed E-state index contributed by atoms with van der Waals surface area (Å²) in [5, 5.41) is 17.5. The van der Waals surface area contributed by atoms with Crippen LogP contribution in [0.25, 0.3) is 0 Å². The van der Waals surface area contributed by atoms with E-state index in [-0.39, 0.29) is 23.5 Å². The third kappa shape index (κ3) is 4.63. The minimum Gasteiger partial charge on any atom is -0.478 e. The Morgan fingerprint density at radius 1 is 1.00 bits per heavy atom. The number of aromatic carboxylic acids is 1. The number of amides is 3. The molecule has 4 N–H and O–H groups in total. The molecule has 140 valence electrons. The molecule has 0 spiro atoms. The maximum absolute atomic E-state index is 12.6. The van der Waals surface area contributed by atoms with Crippen LogP contribution in [0, 0.1) is 13.8 Å². The first-order valence-corrected chi connectivity index (χ1v) is 8.67. The molecule has 0 heterocycles. The second kappa shape index (κ2) is 7.49. The summed E-state index contributed by atoms with van der Waals surface area (Å²) in [6, 6.07) is 9.69. The van der Waals surface area contributed by atoms with Crippen molar-refractivity contribution in [2.75, 3.05) is 10.6 Å². The fraction of sp³-hybridized carbons (Fsp3) is 0.250. The largest absolute Gasteiger partial charge is 0.478 e. The molecule has 1 fully saturated rings. The van der Waals surface area contributed by atoms with Crippen molar-refractivity contribution in [2.45, 2.75) is 32.7 Å². The number of hydrogen-bond acceptors (Lipinski definition) is 3. The molecule has 2 aromatic rings. The van der Waals surface area contributed by atoms with Crippen LogP contribution in [0.15, 0.2) is 36.4 Å². The van der Waals surface area contributed by atoms with Gasteiger partial charge in [-0.2, -0.15) is 0 Å². The van der Waals surface area contributed by atoms with Gasteiger partial charge in [0.15, 0.2) is 0 Å². The Labute approximate surface area is 156 Å². The van der Waals surface area contributed by atoms with Gasteiger partial charge in [0, 0.05) is 23.0 Å². The van der Waals surface area contributed by atoms with Gasteiger partial charge in [-0.1, -0.05) is 12.1 Å². The molecular formula is C20H21N3O4. The van der Waals surface area contributed by atoms with Crippen LogP contribution in [-0.2, 0) is 0 Å². The number of benzene rings is 2. The molecule has 2 aromatic carbocycles. The summed E-state index contributed by atoms with van der Waals surface area (Å²) in [6.45, 7) is 3.51. The third-order valence-electron chi connectivity index (χ3n) is 4.35. The zero-order chi connectivity index (χ0) is 19.6. The van der Waals surface area contributed by atoms with Crippen molar-refractivity contribution in [3.8, 4) is 0 Å². The van der Waals surface area contributed by atoms with E-state index >= 15 is 0 Å². The van der Waals surface area contributed by atoms with Crippen molar-refractivity contribution >= 4 is 29.3 Å². The van der Waals surface area contributed by atoms with Crippen LogP contribution in [0.3, 0.4) is 0 Å². The van der Waals surface area contributed by atoms with Crippen molar-refractivity contribution in [1.29, 1.82) is 0 Å². The first-order chi connectivity index (χ1) is 12.8. The van der Waals surface area contributed by atoms with E-state index in [0.717, 1.165) is 18.4 Å². The lowest BCUT2D eigenvalue weighted by atomic mass is 10.0. The average Bonchev–Trinajstić information content (AvgIpc) is 3.40. The van der Waals surface area contributed by atoms with Gasteiger partial charge in [0.05, 0.1) is 5.56 Å². The highest BCUT2D eigenvalue weighted by Gasteiger charge is 2.23. The number of nitrogens with one attached hydrogen (secondary N) is 3. The van der Waals surface area contributed by atoms with E-state index in [1.165, 1.54) is 6.07 Å². The minimum absolute atomic E-state index is 0.142. The SMILES string of the molecule is Cc1cc(C)c(C(=O)O)cc1NC(=O)c1cccc(NC(=O)NC2CC2)c1. The van der Waals surface area contributed by atoms with E-state index in [4.69, 9.17) is 0 Å². The summed E-state index contributed by atoms with van der Waals surface area (Å²) >= 11 is 0. The van der Waals surface area contributed by atoms with Gasteiger partial charge < -0.3 is 21.1 Å².